The Labute approximate surface area is 217 Å². The van der Waals surface area contributed by atoms with Gasteiger partial charge in [-0.05, 0) is 49.2 Å². The van der Waals surface area contributed by atoms with Crippen molar-refractivity contribution in [2.24, 2.45) is 0 Å². The number of fused-ring (bicyclic) bond motifs is 3. The second-order valence-corrected chi connectivity index (χ2v) is 10.8. The number of hydrogen-bond acceptors (Lipinski definition) is 5. The summed E-state index contributed by atoms with van der Waals surface area (Å²) in [4.78, 5) is 11.8. The molecule has 0 saturated carbocycles. The van der Waals surface area contributed by atoms with Crippen molar-refractivity contribution in [2.45, 2.75) is 51.8 Å². The van der Waals surface area contributed by atoms with Gasteiger partial charge in [0.25, 0.3) is 5.92 Å². The topological polar surface area (TPSA) is 36.8 Å². The third-order valence-corrected chi connectivity index (χ3v) is 7.99. The maximum Gasteiger partial charge on any atom is 0.250 e. The molecule has 196 valence electrons. The van der Waals surface area contributed by atoms with E-state index in [1.165, 1.54) is 5.69 Å². The lowest BCUT2D eigenvalue weighted by Crippen LogP contribution is -2.48. The number of ether oxygens (including phenoxy) is 1. The van der Waals surface area contributed by atoms with Crippen LogP contribution in [-0.4, -0.2) is 70.6 Å². The Morgan fingerprint density at radius 3 is 2.32 bits per heavy atom. The molecule has 6 rings (SSSR count). The number of anilines is 1. The fraction of sp³-hybridized carbons (Fsp3) is 0.483. The highest BCUT2D eigenvalue weighted by Crippen LogP contribution is 2.35. The maximum absolute atomic E-state index is 13.5. The highest BCUT2D eigenvalue weighted by Gasteiger charge is 2.34. The summed E-state index contributed by atoms with van der Waals surface area (Å²) in [6, 6.07) is 15.7. The number of alkyl halides is 2. The van der Waals surface area contributed by atoms with Crippen LogP contribution in [0.25, 0.3) is 16.8 Å². The Morgan fingerprint density at radius 2 is 1.62 bits per heavy atom. The predicted molar refractivity (Wildman–Crippen MR) is 142 cm³/mol. The van der Waals surface area contributed by atoms with Gasteiger partial charge in [-0.2, -0.15) is 0 Å². The lowest BCUT2D eigenvalue weighted by Gasteiger charge is -2.38. The van der Waals surface area contributed by atoms with Gasteiger partial charge in [-0.25, -0.2) is 13.8 Å². The summed E-state index contributed by atoms with van der Waals surface area (Å²) in [5, 5.41) is 0. The van der Waals surface area contributed by atoms with Crippen molar-refractivity contribution in [1.29, 1.82) is 0 Å². The van der Waals surface area contributed by atoms with Gasteiger partial charge in [0.1, 0.15) is 12.4 Å². The molecule has 3 aliphatic rings. The summed E-state index contributed by atoms with van der Waals surface area (Å²) in [6.07, 6.45) is 1.87. The van der Waals surface area contributed by atoms with Gasteiger partial charge in [-0.1, -0.05) is 18.2 Å². The number of nitrogens with zero attached hydrogens (tertiary/aromatic N) is 5. The third-order valence-electron chi connectivity index (χ3n) is 7.99. The Hall–Kier alpha value is -2.97. The first-order chi connectivity index (χ1) is 17.8. The van der Waals surface area contributed by atoms with E-state index in [-0.39, 0.29) is 12.8 Å². The second-order valence-electron chi connectivity index (χ2n) is 10.8. The normalized spacial score (nSPS) is 20.0. The summed E-state index contributed by atoms with van der Waals surface area (Å²) in [5.41, 5.74) is 5.41. The van der Waals surface area contributed by atoms with Crippen LogP contribution in [0.2, 0.25) is 0 Å². The number of aromatic nitrogens is 2. The van der Waals surface area contributed by atoms with Crippen molar-refractivity contribution in [3.05, 3.63) is 60.2 Å². The van der Waals surface area contributed by atoms with Crippen molar-refractivity contribution in [3.63, 3.8) is 0 Å². The first-order valence-electron chi connectivity index (χ1n) is 13.4. The van der Waals surface area contributed by atoms with Gasteiger partial charge in [-0.15, -0.1) is 0 Å². The highest BCUT2D eigenvalue weighted by atomic mass is 19.3. The van der Waals surface area contributed by atoms with E-state index in [4.69, 9.17) is 9.72 Å². The summed E-state index contributed by atoms with van der Waals surface area (Å²) >= 11 is 0. The zero-order valence-electron chi connectivity index (χ0n) is 21.7. The molecule has 1 aromatic heterocycles. The molecule has 4 heterocycles. The summed E-state index contributed by atoms with van der Waals surface area (Å²) < 4.78 is 35.2. The molecule has 37 heavy (non-hydrogen) atoms. The van der Waals surface area contributed by atoms with E-state index >= 15 is 0 Å². The van der Waals surface area contributed by atoms with E-state index in [2.05, 4.69) is 75.6 Å². The Bertz CT molecular complexity index is 1240. The lowest BCUT2D eigenvalue weighted by atomic mass is 10.0. The lowest BCUT2D eigenvalue weighted by molar-refractivity contribution is -0.0568. The van der Waals surface area contributed by atoms with Gasteiger partial charge < -0.3 is 9.64 Å². The fourth-order valence-electron chi connectivity index (χ4n) is 5.64. The molecule has 2 aromatic carbocycles. The molecule has 0 bridgehead atoms. The monoisotopic (exact) mass is 507 g/mol. The molecule has 2 fully saturated rings. The minimum absolute atomic E-state index is 0.0783. The zero-order chi connectivity index (χ0) is 25.6. The SMILES string of the molecule is CC(C)N1CCN(c2ccc(-c3ccc4c(c3)OCc3nc(CN5CCC(F)(F)CC5)cn3-4)cc2)CC1. The van der Waals surface area contributed by atoms with E-state index in [9.17, 15) is 8.78 Å². The molecule has 0 unspecified atom stereocenters. The molecule has 2 saturated heterocycles. The predicted octanol–water partition coefficient (Wildman–Crippen LogP) is 5.19. The zero-order valence-corrected chi connectivity index (χ0v) is 21.7. The van der Waals surface area contributed by atoms with Crippen molar-refractivity contribution in [3.8, 4) is 22.6 Å². The molecule has 0 radical (unpaired) electrons. The first-order valence-corrected chi connectivity index (χ1v) is 13.4. The van der Waals surface area contributed by atoms with E-state index in [1.807, 2.05) is 6.20 Å². The number of hydrogen-bond donors (Lipinski definition) is 0. The van der Waals surface area contributed by atoms with Crippen LogP contribution < -0.4 is 9.64 Å². The molecule has 0 N–H and O–H groups in total. The summed E-state index contributed by atoms with van der Waals surface area (Å²) in [6.45, 7) is 10.6. The van der Waals surface area contributed by atoms with E-state index < -0.39 is 5.92 Å². The van der Waals surface area contributed by atoms with Crippen LogP contribution in [0.5, 0.6) is 5.75 Å². The summed E-state index contributed by atoms with van der Waals surface area (Å²) in [7, 11) is 0. The van der Waals surface area contributed by atoms with Crippen LogP contribution in [0.1, 0.15) is 38.2 Å². The number of piperazine rings is 1. The third kappa shape index (κ3) is 5.09. The number of benzene rings is 2. The quantitative estimate of drug-likeness (QED) is 0.475. The number of rotatable bonds is 5. The molecule has 8 heteroatoms. The molecule has 3 aromatic rings. The van der Waals surface area contributed by atoms with E-state index in [0.29, 0.717) is 32.3 Å². The standard InChI is InChI=1S/C29H35F2N5O/c1-21(2)34-13-15-35(16-14-34)25-6-3-22(4-7-25)23-5-8-26-27(17-23)37-20-28-32-24(19-36(26)28)18-33-11-9-29(30,31)10-12-33/h3-8,17,19,21H,9-16,18,20H2,1-2H3. The smallest absolute Gasteiger partial charge is 0.250 e. The highest BCUT2D eigenvalue weighted by molar-refractivity contribution is 5.70. The Balaban J connectivity index is 1.14. The van der Waals surface area contributed by atoms with Crippen LogP contribution in [0, 0.1) is 0 Å². The van der Waals surface area contributed by atoms with Crippen LogP contribution in [0.15, 0.2) is 48.7 Å². The molecule has 6 nitrogen and oxygen atoms in total. The minimum Gasteiger partial charge on any atom is -0.483 e. The van der Waals surface area contributed by atoms with Crippen molar-refractivity contribution in [1.82, 2.24) is 19.4 Å². The summed E-state index contributed by atoms with van der Waals surface area (Å²) in [5.74, 6) is -0.850. The second kappa shape index (κ2) is 9.72. The fourth-order valence-corrected chi connectivity index (χ4v) is 5.64. The molecule has 0 spiro atoms. The molecule has 0 amide bonds. The van der Waals surface area contributed by atoms with Gasteiger partial charge in [0.05, 0.1) is 11.4 Å². The van der Waals surface area contributed by atoms with Crippen molar-refractivity contribution >= 4 is 5.69 Å². The minimum atomic E-state index is -2.53. The van der Waals surface area contributed by atoms with Crippen LogP contribution in [-0.2, 0) is 13.2 Å². The number of likely N-dealkylation sites (tertiary alicyclic amines) is 1. The average Bonchev–Trinajstić information content (AvgIpc) is 3.33. The van der Waals surface area contributed by atoms with Gasteiger partial charge in [-0.3, -0.25) is 14.4 Å². The Morgan fingerprint density at radius 1 is 0.919 bits per heavy atom. The average molecular weight is 508 g/mol. The first kappa shape index (κ1) is 24.4. The molecular formula is C29H35F2N5O. The maximum atomic E-state index is 13.5. The van der Waals surface area contributed by atoms with E-state index in [0.717, 1.165) is 60.3 Å². The number of imidazole rings is 1. The van der Waals surface area contributed by atoms with Gasteiger partial charge in [0.15, 0.2) is 5.82 Å². The molecule has 3 aliphatic heterocycles. The van der Waals surface area contributed by atoms with Gasteiger partial charge >= 0.3 is 0 Å². The van der Waals surface area contributed by atoms with Crippen LogP contribution in [0.3, 0.4) is 0 Å². The van der Waals surface area contributed by atoms with Gasteiger partial charge in [0, 0.05) is 76.6 Å². The van der Waals surface area contributed by atoms with E-state index in [1.54, 1.807) is 0 Å². The Kier molecular flexibility index (Phi) is 6.41. The molecule has 0 atom stereocenters. The number of halogens is 2. The molecular weight excluding hydrogens is 472 g/mol. The van der Waals surface area contributed by atoms with Crippen LogP contribution >= 0.6 is 0 Å². The number of piperidine rings is 1. The largest absolute Gasteiger partial charge is 0.483 e. The van der Waals surface area contributed by atoms with Gasteiger partial charge in [0.2, 0.25) is 0 Å². The molecule has 0 aliphatic carbocycles. The van der Waals surface area contributed by atoms with Crippen LogP contribution in [0.4, 0.5) is 14.5 Å². The van der Waals surface area contributed by atoms with Crippen molar-refractivity contribution < 1.29 is 13.5 Å². The van der Waals surface area contributed by atoms with Crippen molar-refractivity contribution in [2.75, 3.05) is 44.2 Å².